The molecule has 1 amide bonds. The van der Waals surface area contributed by atoms with E-state index in [9.17, 15) is 4.79 Å². The first-order valence-electron chi connectivity index (χ1n) is 8.70. The molecule has 130 valence electrons. The van der Waals surface area contributed by atoms with Gasteiger partial charge in [-0.15, -0.1) is 0 Å². The Kier molecular flexibility index (Phi) is 5.51. The smallest absolute Gasteiger partial charge is 0.267 e. The van der Waals surface area contributed by atoms with Crippen LogP contribution in [-0.2, 0) is 6.54 Å². The number of hydrogen-bond donors (Lipinski definition) is 1. The topological polar surface area (TPSA) is 37.3 Å². The van der Waals surface area contributed by atoms with E-state index in [1.807, 2.05) is 50.5 Å². The summed E-state index contributed by atoms with van der Waals surface area (Å²) in [4.78, 5) is 14.8. The van der Waals surface area contributed by atoms with Crippen molar-refractivity contribution in [2.45, 2.75) is 13.0 Å². The number of amides is 1. The van der Waals surface area contributed by atoms with Gasteiger partial charge in [0.15, 0.2) is 0 Å². The van der Waals surface area contributed by atoms with Crippen molar-refractivity contribution in [3.8, 4) is 0 Å². The first-order valence-corrected chi connectivity index (χ1v) is 8.70. The Hall–Kier alpha value is -2.59. The van der Waals surface area contributed by atoms with Gasteiger partial charge in [-0.2, -0.15) is 0 Å². The molecule has 1 N–H and O–H groups in total. The Balaban J connectivity index is 1.84. The van der Waals surface area contributed by atoms with Crippen molar-refractivity contribution in [2.24, 2.45) is 0 Å². The van der Waals surface area contributed by atoms with Gasteiger partial charge in [0.2, 0.25) is 0 Å². The average Bonchev–Trinajstić information content (AvgIpc) is 2.98. The fourth-order valence-electron chi connectivity index (χ4n) is 3.02. The maximum atomic E-state index is 12.7. The van der Waals surface area contributed by atoms with Gasteiger partial charge in [0.05, 0.1) is 0 Å². The summed E-state index contributed by atoms with van der Waals surface area (Å²) in [6, 6.07) is 20.4. The molecule has 4 heteroatoms. The van der Waals surface area contributed by atoms with Gasteiger partial charge in [0.25, 0.3) is 5.91 Å². The van der Waals surface area contributed by atoms with Crippen LogP contribution in [0.5, 0.6) is 0 Å². The molecule has 0 spiro atoms. The van der Waals surface area contributed by atoms with Crippen LogP contribution in [0.2, 0.25) is 0 Å². The minimum absolute atomic E-state index is 0.00844. The summed E-state index contributed by atoms with van der Waals surface area (Å²) in [5.41, 5.74) is 2.99. The third kappa shape index (κ3) is 4.28. The van der Waals surface area contributed by atoms with E-state index in [0.29, 0.717) is 13.1 Å². The minimum Gasteiger partial charge on any atom is -0.351 e. The summed E-state index contributed by atoms with van der Waals surface area (Å²) in [5, 5.41) is 4.15. The first-order chi connectivity index (χ1) is 12.1. The summed E-state index contributed by atoms with van der Waals surface area (Å²) in [6.45, 7) is 2.34. The molecule has 0 radical (unpaired) electrons. The molecule has 4 nitrogen and oxygen atoms in total. The molecule has 1 aromatic heterocycles. The zero-order valence-corrected chi connectivity index (χ0v) is 14.9. The van der Waals surface area contributed by atoms with Crippen molar-refractivity contribution in [3.63, 3.8) is 0 Å². The standard InChI is InChI=1S/C21H25N3O/c1-23(2)14-8-13-22-21(25)20-15-18-11-6-7-12-19(18)24(20)16-17-9-4-3-5-10-17/h3-7,9-12,15H,8,13-14,16H2,1-2H3,(H,22,25). The molecule has 0 saturated heterocycles. The highest BCUT2D eigenvalue weighted by Crippen LogP contribution is 2.21. The Bertz CT molecular complexity index is 837. The molecular weight excluding hydrogens is 310 g/mol. The van der Waals surface area contributed by atoms with Crippen molar-refractivity contribution in [1.82, 2.24) is 14.8 Å². The van der Waals surface area contributed by atoms with Crippen LogP contribution < -0.4 is 5.32 Å². The van der Waals surface area contributed by atoms with E-state index in [2.05, 4.69) is 39.0 Å². The number of nitrogens with one attached hydrogen (secondary N) is 1. The van der Waals surface area contributed by atoms with Gasteiger partial charge < -0.3 is 14.8 Å². The van der Waals surface area contributed by atoms with Gasteiger partial charge in [-0.1, -0.05) is 48.5 Å². The maximum Gasteiger partial charge on any atom is 0.267 e. The van der Waals surface area contributed by atoms with Crippen molar-refractivity contribution >= 4 is 16.8 Å². The number of carbonyl (C=O) groups is 1. The quantitative estimate of drug-likeness (QED) is 0.672. The Morgan fingerprint density at radius 2 is 1.76 bits per heavy atom. The van der Waals surface area contributed by atoms with Crippen molar-refractivity contribution in [1.29, 1.82) is 0 Å². The summed E-state index contributed by atoms with van der Waals surface area (Å²) in [7, 11) is 4.08. The van der Waals surface area contributed by atoms with E-state index in [1.165, 1.54) is 5.56 Å². The van der Waals surface area contributed by atoms with Crippen LogP contribution >= 0.6 is 0 Å². The van der Waals surface area contributed by atoms with Gasteiger partial charge in [-0.3, -0.25) is 4.79 Å². The molecule has 0 bridgehead atoms. The van der Waals surface area contributed by atoms with Crippen molar-refractivity contribution < 1.29 is 4.79 Å². The Morgan fingerprint density at radius 1 is 1.04 bits per heavy atom. The van der Waals surface area contributed by atoms with Crippen LogP contribution in [0.25, 0.3) is 10.9 Å². The largest absolute Gasteiger partial charge is 0.351 e. The number of aromatic nitrogens is 1. The molecule has 0 aliphatic rings. The van der Waals surface area contributed by atoms with Crippen LogP contribution in [0, 0.1) is 0 Å². The molecule has 1 heterocycles. The fraction of sp³-hybridized carbons (Fsp3) is 0.286. The molecule has 0 aliphatic carbocycles. The lowest BCUT2D eigenvalue weighted by atomic mass is 10.2. The summed E-state index contributed by atoms with van der Waals surface area (Å²) in [6.07, 6.45) is 0.942. The van der Waals surface area contributed by atoms with Gasteiger partial charge in [0, 0.05) is 24.0 Å². The Morgan fingerprint density at radius 3 is 2.52 bits per heavy atom. The highest BCUT2D eigenvalue weighted by atomic mass is 16.1. The fourth-order valence-corrected chi connectivity index (χ4v) is 3.02. The first kappa shape index (κ1) is 17.2. The second kappa shape index (κ2) is 7.99. The Labute approximate surface area is 149 Å². The van der Waals surface area contributed by atoms with Gasteiger partial charge >= 0.3 is 0 Å². The normalized spacial score (nSPS) is 11.2. The number of fused-ring (bicyclic) bond motifs is 1. The van der Waals surface area contributed by atoms with Crippen molar-refractivity contribution in [3.05, 3.63) is 71.9 Å². The number of nitrogens with zero attached hydrogens (tertiary/aromatic N) is 2. The van der Waals surface area contributed by atoms with Crippen LogP contribution in [0.1, 0.15) is 22.5 Å². The van der Waals surface area contributed by atoms with Gasteiger partial charge in [0.1, 0.15) is 5.69 Å². The van der Waals surface area contributed by atoms with Crippen LogP contribution in [0.3, 0.4) is 0 Å². The highest BCUT2D eigenvalue weighted by molar-refractivity contribution is 5.98. The van der Waals surface area contributed by atoms with E-state index in [-0.39, 0.29) is 5.91 Å². The molecule has 3 aromatic rings. The highest BCUT2D eigenvalue weighted by Gasteiger charge is 2.15. The predicted octanol–water partition coefficient (Wildman–Crippen LogP) is 3.37. The lowest BCUT2D eigenvalue weighted by Gasteiger charge is -2.12. The lowest BCUT2D eigenvalue weighted by molar-refractivity contribution is 0.0944. The molecular formula is C21H25N3O. The monoisotopic (exact) mass is 335 g/mol. The number of hydrogen-bond acceptors (Lipinski definition) is 2. The second-order valence-electron chi connectivity index (χ2n) is 6.57. The molecule has 0 unspecified atom stereocenters. The molecule has 0 fully saturated rings. The third-order valence-corrected chi connectivity index (χ3v) is 4.29. The van der Waals surface area contributed by atoms with Crippen LogP contribution in [-0.4, -0.2) is 42.6 Å². The summed E-state index contributed by atoms with van der Waals surface area (Å²) >= 11 is 0. The van der Waals surface area contributed by atoms with E-state index in [0.717, 1.165) is 29.6 Å². The molecule has 25 heavy (non-hydrogen) atoms. The van der Waals surface area contributed by atoms with Crippen LogP contribution in [0.15, 0.2) is 60.7 Å². The number of rotatable bonds is 7. The third-order valence-electron chi connectivity index (χ3n) is 4.29. The van der Waals surface area contributed by atoms with E-state index in [1.54, 1.807) is 0 Å². The minimum atomic E-state index is -0.00844. The number of benzene rings is 2. The van der Waals surface area contributed by atoms with Crippen LogP contribution in [0.4, 0.5) is 0 Å². The van der Waals surface area contributed by atoms with Gasteiger partial charge in [-0.05, 0) is 44.8 Å². The predicted molar refractivity (Wildman–Crippen MR) is 103 cm³/mol. The zero-order chi connectivity index (χ0) is 17.6. The number of para-hydroxylation sites is 1. The van der Waals surface area contributed by atoms with Crippen molar-refractivity contribution in [2.75, 3.05) is 27.2 Å². The van der Waals surface area contributed by atoms with E-state index < -0.39 is 0 Å². The van der Waals surface area contributed by atoms with Gasteiger partial charge in [-0.25, -0.2) is 0 Å². The second-order valence-corrected chi connectivity index (χ2v) is 6.57. The molecule has 0 atom stereocenters. The average molecular weight is 335 g/mol. The molecule has 0 aliphatic heterocycles. The zero-order valence-electron chi connectivity index (χ0n) is 14.9. The number of carbonyl (C=O) groups excluding carboxylic acids is 1. The summed E-state index contributed by atoms with van der Waals surface area (Å²) < 4.78 is 2.10. The van der Waals surface area contributed by atoms with E-state index in [4.69, 9.17) is 0 Å². The molecule has 2 aromatic carbocycles. The lowest BCUT2D eigenvalue weighted by Crippen LogP contribution is -2.29. The maximum absolute atomic E-state index is 12.7. The molecule has 0 saturated carbocycles. The summed E-state index contributed by atoms with van der Waals surface area (Å²) in [5.74, 6) is -0.00844. The SMILES string of the molecule is CN(C)CCCNC(=O)c1cc2ccccc2n1Cc1ccccc1. The molecule has 3 rings (SSSR count). The van der Waals surface area contributed by atoms with E-state index >= 15 is 0 Å².